The number of ether oxygens (including phenoxy) is 4. The van der Waals surface area contributed by atoms with Gasteiger partial charge in [0.05, 0.1) is 0 Å². The summed E-state index contributed by atoms with van der Waals surface area (Å²) in [5.74, 6) is 1.04. The van der Waals surface area contributed by atoms with Gasteiger partial charge in [-0.25, -0.2) is 19.9 Å². The number of aromatic nitrogens is 8. The molecule has 0 aliphatic carbocycles. The van der Waals surface area contributed by atoms with Gasteiger partial charge in [0.25, 0.3) is 0 Å². The van der Waals surface area contributed by atoms with Gasteiger partial charge in [0, 0.05) is 78.0 Å². The van der Waals surface area contributed by atoms with E-state index in [4.69, 9.17) is 18.9 Å². The van der Waals surface area contributed by atoms with E-state index in [1.54, 1.807) is 121 Å². The number of hydrogen-bond acceptors (Lipinski definition) is 10. The fraction of sp³-hybridized carbons (Fsp3) is 0.357. The average Bonchev–Trinajstić information content (AvgIpc) is 3.81. The van der Waals surface area contributed by atoms with Gasteiger partial charge in [0.1, 0.15) is 26.9 Å². The lowest BCUT2D eigenvalue weighted by molar-refractivity contribution is 0.0592. The standard InChI is InChI=1S/C28H34N8O6/c1-39-17-33-12-8-29-23(33)27(37,24-30-9-13-34(24)18-40-2)21-6-5-7-22(16-21)28(38,25-31-10-14-35(25)19-41-3)26-32-11-15-36(26)20-42-4/h5-16,37-38H,17-20H2,1-4H3. The molecule has 0 atom stereocenters. The average molecular weight is 579 g/mol. The first-order valence-electron chi connectivity index (χ1n) is 13.0. The Balaban J connectivity index is 1.77. The predicted octanol–water partition coefficient (Wildman–Crippen LogP) is 1.46. The highest BCUT2D eigenvalue weighted by Gasteiger charge is 2.46. The predicted molar refractivity (Wildman–Crippen MR) is 148 cm³/mol. The maximum Gasteiger partial charge on any atom is 0.206 e. The number of rotatable bonds is 14. The Morgan fingerprint density at radius 1 is 0.548 bits per heavy atom. The van der Waals surface area contributed by atoms with Gasteiger partial charge in [0.2, 0.25) is 11.2 Å². The summed E-state index contributed by atoms with van der Waals surface area (Å²) in [5.41, 5.74) is -3.05. The highest BCUT2D eigenvalue weighted by Crippen LogP contribution is 2.40. The van der Waals surface area contributed by atoms with E-state index in [0.29, 0.717) is 11.1 Å². The zero-order valence-corrected chi connectivity index (χ0v) is 23.9. The third kappa shape index (κ3) is 4.93. The lowest BCUT2D eigenvalue weighted by atomic mass is 9.85. The minimum Gasteiger partial charge on any atom is -0.371 e. The maximum atomic E-state index is 12.7. The van der Waals surface area contributed by atoms with E-state index in [1.165, 1.54) is 0 Å². The monoisotopic (exact) mass is 578 g/mol. The van der Waals surface area contributed by atoms with E-state index in [-0.39, 0.29) is 50.2 Å². The summed E-state index contributed by atoms with van der Waals surface area (Å²) < 4.78 is 28.2. The summed E-state index contributed by atoms with van der Waals surface area (Å²) in [6, 6.07) is 6.91. The molecule has 5 aromatic rings. The van der Waals surface area contributed by atoms with Crippen LogP contribution in [-0.4, -0.2) is 76.9 Å². The fourth-order valence-corrected chi connectivity index (χ4v) is 5.18. The van der Waals surface area contributed by atoms with Gasteiger partial charge in [-0.3, -0.25) is 0 Å². The molecule has 0 aliphatic rings. The Bertz CT molecular complexity index is 1400. The molecular formula is C28H34N8O6. The van der Waals surface area contributed by atoms with E-state index in [2.05, 4.69) is 19.9 Å². The van der Waals surface area contributed by atoms with Gasteiger partial charge >= 0.3 is 0 Å². The summed E-state index contributed by atoms with van der Waals surface area (Å²) in [4.78, 5) is 18.1. The van der Waals surface area contributed by atoms with Crippen LogP contribution in [0.5, 0.6) is 0 Å². The molecule has 0 spiro atoms. The Labute approximate surface area is 242 Å². The molecule has 4 aromatic heterocycles. The molecule has 0 saturated heterocycles. The van der Waals surface area contributed by atoms with Crippen LogP contribution in [0.15, 0.2) is 73.8 Å². The van der Waals surface area contributed by atoms with Crippen LogP contribution in [0.1, 0.15) is 34.4 Å². The molecule has 0 aliphatic heterocycles. The van der Waals surface area contributed by atoms with E-state index in [1.807, 2.05) is 0 Å². The molecule has 0 saturated carbocycles. The van der Waals surface area contributed by atoms with Crippen molar-refractivity contribution < 1.29 is 29.2 Å². The number of nitrogens with zero attached hydrogens (tertiary/aromatic N) is 8. The van der Waals surface area contributed by atoms with Crippen molar-refractivity contribution in [3.63, 3.8) is 0 Å². The van der Waals surface area contributed by atoms with Crippen molar-refractivity contribution in [2.24, 2.45) is 0 Å². The van der Waals surface area contributed by atoms with Crippen LogP contribution in [0.4, 0.5) is 0 Å². The van der Waals surface area contributed by atoms with Gasteiger partial charge in [-0.15, -0.1) is 0 Å². The van der Waals surface area contributed by atoms with Crippen LogP contribution >= 0.6 is 0 Å². The quantitative estimate of drug-likeness (QED) is 0.198. The zero-order chi connectivity index (χ0) is 29.7. The van der Waals surface area contributed by atoms with Gasteiger partial charge in [-0.1, -0.05) is 18.2 Å². The number of methoxy groups -OCH3 is 4. The van der Waals surface area contributed by atoms with Crippen molar-refractivity contribution in [3.8, 4) is 0 Å². The van der Waals surface area contributed by atoms with Crippen molar-refractivity contribution in [1.82, 2.24) is 38.2 Å². The van der Waals surface area contributed by atoms with E-state index in [0.717, 1.165) is 0 Å². The number of hydrogen-bond donors (Lipinski definition) is 2. The van der Waals surface area contributed by atoms with Crippen LogP contribution in [0.3, 0.4) is 0 Å². The maximum absolute atomic E-state index is 12.7. The van der Waals surface area contributed by atoms with Gasteiger partial charge < -0.3 is 47.4 Å². The molecule has 0 radical (unpaired) electrons. The highest BCUT2D eigenvalue weighted by molar-refractivity contribution is 5.45. The van der Waals surface area contributed by atoms with Crippen molar-refractivity contribution >= 4 is 0 Å². The molecule has 222 valence electrons. The van der Waals surface area contributed by atoms with E-state index in [9.17, 15) is 10.2 Å². The zero-order valence-electron chi connectivity index (χ0n) is 23.9. The van der Waals surface area contributed by atoms with Gasteiger partial charge in [0.15, 0.2) is 23.3 Å². The Morgan fingerprint density at radius 2 is 0.833 bits per heavy atom. The molecule has 0 fully saturated rings. The molecule has 5 rings (SSSR count). The molecule has 42 heavy (non-hydrogen) atoms. The summed E-state index contributed by atoms with van der Waals surface area (Å²) in [6.07, 6.45) is 13.1. The molecule has 14 heteroatoms. The Morgan fingerprint density at radius 3 is 1.10 bits per heavy atom. The molecule has 14 nitrogen and oxygen atoms in total. The summed E-state index contributed by atoms with van der Waals surface area (Å²) in [7, 11) is 6.22. The topological polar surface area (TPSA) is 149 Å². The Hall–Kier alpha value is -4.18. The summed E-state index contributed by atoms with van der Waals surface area (Å²) in [5, 5.41) is 25.4. The molecular weight excluding hydrogens is 544 g/mol. The smallest absolute Gasteiger partial charge is 0.206 e. The van der Waals surface area contributed by atoms with Gasteiger partial charge in [-0.05, 0) is 17.2 Å². The highest BCUT2D eigenvalue weighted by atomic mass is 16.5. The molecule has 1 aromatic carbocycles. The first-order valence-corrected chi connectivity index (χ1v) is 13.0. The Kier molecular flexibility index (Phi) is 8.63. The lowest BCUT2D eigenvalue weighted by Crippen LogP contribution is -2.38. The third-order valence-electron chi connectivity index (χ3n) is 6.93. The second kappa shape index (κ2) is 12.4. The minimum absolute atomic E-state index is 0.134. The molecule has 0 bridgehead atoms. The number of aliphatic hydroxyl groups is 2. The lowest BCUT2D eigenvalue weighted by Gasteiger charge is -2.32. The van der Waals surface area contributed by atoms with Crippen LogP contribution in [-0.2, 0) is 57.1 Å². The number of imidazole rings is 4. The normalized spacial score (nSPS) is 12.3. The summed E-state index contributed by atoms with van der Waals surface area (Å²) in [6.45, 7) is 0.536. The summed E-state index contributed by atoms with van der Waals surface area (Å²) >= 11 is 0. The first kappa shape index (κ1) is 29.3. The largest absolute Gasteiger partial charge is 0.371 e. The molecule has 4 heterocycles. The van der Waals surface area contributed by atoms with Gasteiger partial charge in [-0.2, -0.15) is 0 Å². The molecule has 2 N–H and O–H groups in total. The van der Waals surface area contributed by atoms with Crippen LogP contribution in [0.25, 0.3) is 0 Å². The van der Waals surface area contributed by atoms with Crippen molar-refractivity contribution in [3.05, 3.63) is 108 Å². The van der Waals surface area contributed by atoms with Crippen molar-refractivity contribution in [2.75, 3.05) is 28.4 Å². The van der Waals surface area contributed by atoms with E-state index >= 15 is 0 Å². The van der Waals surface area contributed by atoms with Crippen molar-refractivity contribution in [2.45, 2.75) is 38.1 Å². The second-order valence-electron chi connectivity index (χ2n) is 9.56. The molecule has 0 unspecified atom stereocenters. The molecule has 0 amide bonds. The van der Waals surface area contributed by atoms with Crippen molar-refractivity contribution in [1.29, 1.82) is 0 Å². The van der Waals surface area contributed by atoms with Crippen LogP contribution in [0, 0.1) is 0 Å². The third-order valence-corrected chi connectivity index (χ3v) is 6.93. The second-order valence-corrected chi connectivity index (χ2v) is 9.56. The van der Waals surface area contributed by atoms with Crippen LogP contribution in [0.2, 0.25) is 0 Å². The SMILES string of the molecule is COCn1ccnc1C(O)(c1cccc(C(O)(c2nccn2COC)c2nccn2COC)c1)c1nccn1COC. The van der Waals surface area contributed by atoms with Crippen LogP contribution < -0.4 is 0 Å². The first-order chi connectivity index (χ1) is 20.4. The fourth-order valence-electron chi connectivity index (χ4n) is 5.18. The van der Waals surface area contributed by atoms with E-state index < -0.39 is 11.2 Å². The minimum atomic E-state index is -1.90. The number of benzene rings is 1.